The maximum Gasteiger partial charge on any atom is 0.145 e. The molecule has 0 atom stereocenters. The minimum atomic E-state index is -3.29. The zero-order valence-electron chi connectivity index (χ0n) is 32.6. The average Bonchev–Trinajstić information content (AvgIpc) is 3.76. The first-order valence-corrected chi connectivity index (χ1v) is 18.0. The summed E-state index contributed by atoms with van der Waals surface area (Å²) < 4.78 is 51.1. The van der Waals surface area contributed by atoms with Gasteiger partial charge in [-0.25, -0.2) is 4.98 Å². The van der Waals surface area contributed by atoms with Crippen LogP contribution in [0.15, 0.2) is 158 Å². The zero-order chi connectivity index (χ0) is 38.0. The molecule has 0 saturated carbocycles. The molecule has 0 saturated heterocycles. The number of hydrogen-bond acceptors (Lipinski definition) is 3. The van der Waals surface area contributed by atoms with E-state index in [1.807, 2.05) is 83.4 Å². The molecule has 2 aromatic heterocycles. The van der Waals surface area contributed by atoms with E-state index in [-0.39, 0.29) is 26.6 Å². The molecule has 0 radical (unpaired) electrons. The number of nitrogens with zero attached hydrogens (tertiary/aromatic N) is 4. The quantitative estimate of drug-likeness (QED) is 0.0793. The Morgan fingerprint density at radius 3 is 2.12 bits per heavy atom. The Morgan fingerprint density at radius 2 is 1.36 bits per heavy atom. The number of hydrogen-bond donors (Lipinski definition) is 0. The molecular formula is C43H33N4OPtSi-. The molecule has 1 N–H and O–H groups in total. The van der Waals surface area contributed by atoms with Gasteiger partial charge in [0.15, 0.2) is 0 Å². The van der Waals surface area contributed by atoms with Gasteiger partial charge < -0.3 is 4.57 Å². The van der Waals surface area contributed by atoms with E-state index in [0.717, 1.165) is 47.6 Å². The van der Waals surface area contributed by atoms with E-state index in [9.17, 15) is 0 Å². The van der Waals surface area contributed by atoms with Crippen molar-refractivity contribution in [3.05, 3.63) is 176 Å². The average molecular weight is 851 g/mol. The first kappa shape index (κ1) is 25.7. The van der Waals surface area contributed by atoms with E-state index >= 15 is 0 Å². The molecule has 1 aliphatic rings. The zero-order valence-corrected chi connectivity index (χ0v) is 29.8. The molecule has 5 nitrogen and oxygen atoms in total. The summed E-state index contributed by atoms with van der Waals surface area (Å²) in [6.07, 6.45) is 1.55. The topological polar surface area (TPSA) is 37.1 Å². The summed E-state index contributed by atoms with van der Waals surface area (Å²) in [6, 6.07) is 57.2. The predicted octanol–water partition coefficient (Wildman–Crippen LogP) is 6.89. The van der Waals surface area contributed by atoms with Gasteiger partial charge in [-0.15, -0.1) is 21.6 Å². The SMILES string of the molecule is [2H]C([2H])([2H])c1ccnc(-n2c3[c-]c([Si](c4[c-]c(N5[OH+]N(C([2H])([2H])[2H])c6ccccc65)ccc4)(c4ccccc4)c4ccccc4)ccc3c3ccccc32)c1.[Pt]. The van der Waals surface area contributed by atoms with Crippen molar-refractivity contribution in [3.63, 3.8) is 0 Å². The number of rotatable bonds is 6. The van der Waals surface area contributed by atoms with Gasteiger partial charge in [0.25, 0.3) is 0 Å². The number of anilines is 3. The molecular weight excluding hydrogens is 812 g/mol. The van der Waals surface area contributed by atoms with Crippen LogP contribution in [0.5, 0.6) is 0 Å². The fourth-order valence-electron chi connectivity index (χ4n) is 7.19. The number of fused-ring (bicyclic) bond motifs is 4. The summed E-state index contributed by atoms with van der Waals surface area (Å²) in [5.41, 5.74) is 3.58. The number of aryl methyl sites for hydroxylation is 1. The number of aromatic nitrogens is 2. The van der Waals surface area contributed by atoms with E-state index in [4.69, 9.17) is 13.2 Å². The van der Waals surface area contributed by atoms with E-state index < -0.39 is 21.9 Å². The van der Waals surface area contributed by atoms with Crippen molar-refractivity contribution in [1.82, 2.24) is 9.55 Å². The summed E-state index contributed by atoms with van der Waals surface area (Å²) >= 11 is 0. The molecule has 3 heterocycles. The normalized spacial score (nSPS) is 15.0. The molecule has 0 amide bonds. The van der Waals surface area contributed by atoms with Crippen LogP contribution in [0.2, 0.25) is 0 Å². The van der Waals surface area contributed by atoms with E-state index in [1.165, 1.54) is 6.07 Å². The van der Waals surface area contributed by atoms with Crippen LogP contribution in [0.4, 0.5) is 17.1 Å². The summed E-state index contributed by atoms with van der Waals surface area (Å²) in [6.45, 7) is -4.80. The van der Waals surface area contributed by atoms with Crippen LogP contribution in [0.1, 0.15) is 13.8 Å². The van der Waals surface area contributed by atoms with Crippen molar-refractivity contribution in [3.8, 4) is 5.82 Å². The van der Waals surface area contributed by atoms with Gasteiger partial charge in [-0.1, -0.05) is 96.5 Å². The van der Waals surface area contributed by atoms with Gasteiger partial charge >= 0.3 is 0 Å². The third-order valence-corrected chi connectivity index (χ3v) is 13.9. The van der Waals surface area contributed by atoms with E-state index in [0.29, 0.717) is 22.9 Å². The molecule has 0 fully saturated rings. The van der Waals surface area contributed by atoms with Crippen molar-refractivity contribution in [1.29, 1.82) is 0 Å². The maximum atomic E-state index is 8.22. The molecule has 246 valence electrons. The summed E-state index contributed by atoms with van der Waals surface area (Å²) in [4.78, 5) is 9.30. The van der Waals surface area contributed by atoms with Crippen molar-refractivity contribution in [2.24, 2.45) is 0 Å². The Balaban J connectivity index is 0.00000441. The van der Waals surface area contributed by atoms with Crippen LogP contribution in [-0.2, 0) is 21.1 Å². The smallest absolute Gasteiger partial charge is 0.145 e. The Labute approximate surface area is 315 Å². The monoisotopic (exact) mass is 850 g/mol. The van der Waals surface area contributed by atoms with Crippen LogP contribution in [0.3, 0.4) is 0 Å². The Bertz CT molecular complexity index is 2670. The van der Waals surface area contributed by atoms with Crippen LogP contribution >= 0.6 is 0 Å². The first-order chi connectivity index (χ1) is 26.5. The van der Waals surface area contributed by atoms with Gasteiger partial charge in [0.2, 0.25) is 0 Å². The Hall–Kier alpha value is -5.26. The van der Waals surface area contributed by atoms with Gasteiger partial charge in [-0.2, -0.15) is 51.7 Å². The number of para-hydroxylation sites is 3. The molecule has 9 rings (SSSR count). The van der Waals surface area contributed by atoms with Crippen LogP contribution in [0, 0.1) is 19.0 Å². The number of hydroxylamine groups is 1. The van der Waals surface area contributed by atoms with Crippen LogP contribution < -0.4 is 30.9 Å². The predicted molar refractivity (Wildman–Crippen MR) is 203 cm³/mol. The molecule has 6 aromatic carbocycles. The minimum absolute atomic E-state index is 0. The van der Waals surface area contributed by atoms with Crippen molar-refractivity contribution in [2.75, 3.05) is 17.1 Å². The fourth-order valence-corrected chi connectivity index (χ4v) is 11.7. The molecule has 0 spiro atoms. The standard InChI is InChI=1S/C43H32N4OSi.Pt/c1-31-26-27-44-43(28-31)46-39-21-10-9-20-37(39)38-25-24-36(30-42(38)46)49(33-15-5-3-6-16-33,34-17-7-4-8-18-34)35-19-13-14-32(29-35)47-41-23-12-11-22-40(41)45(2)48-47;/h3-28H,1-2H3;/q-2;/p+1/i1D3,2D3;. The van der Waals surface area contributed by atoms with Crippen molar-refractivity contribution >= 4 is 67.7 Å². The molecule has 0 aliphatic carbocycles. The second kappa shape index (κ2) is 12.9. The maximum absolute atomic E-state index is 8.22. The number of pyridine rings is 1. The second-order valence-corrected chi connectivity index (χ2v) is 15.8. The largest absolute Gasteiger partial charge is 0.319 e. The summed E-state index contributed by atoms with van der Waals surface area (Å²) in [7, 11) is -3.29. The number of benzene rings is 6. The Kier molecular flexibility index (Phi) is 6.61. The van der Waals surface area contributed by atoms with Gasteiger partial charge in [-0.3, -0.25) is 0 Å². The van der Waals surface area contributed by atoms with Gasteiger partial charge in [0.1, 0.15) is 25.3 Å². The van der Waals surface area contributed by atoms with Crippen LogP contribution in [-0.4, -0.2) is 29.5 Å². The molecule has 0 bridgehead atoms. The third kappa shape index (κ3) is 5.02. The van der Waals surface area contributed by atoms with Crippen LogP contribution in [0.25, 0.3) is 27.6 Å². The second-order valence-electron chi connectivity index (χ2n) is 12.0. The molecule has 50 heavy (non-hydrogen) atoms. The van der Waals surface area contributed by atoms with Gasteiger partial charge in [-0.05, 0) is 58.5 Å². The Morgan fingerprint density at radius 1 is 0.660 bits per heavy atom. The van der Waals surface area contributed by atoms with Crippen molar-refractivity contribution < 1.29 is 34.2 Å². The van der Waals surface area contributed by atoms with E-state index in [2.05, 4.69) is 65.6 Å². The molecule has 0 unspecified atom stereocenters. The minimum Gasteiger partial charge on any atom is -0.319 e. The van der Waals surface area contributed by atoms with Gasteiger partial charge in [0, 0.05) is 42.6 Å². The third-order valence-electron chi connectivity index (χ3n) is 9.30. The van der Waals surface area contributed by atoms with E-state index in [1.54, 1.807) is 29.5 Å². The first-order valence-electron chi connectivity index (χ1n) is 19.0. The molecule has 1 aliphatic heterocycles. The molecule has 8 aromatic rings. The summed E-state index contributed by atoms with van der Waals surface area (Å²) in [5, 5.41) is 8.74. The van der Waals surface area contributed by atoms with Gasteiger partial charge in [0.05, 0.1) is 11.1 Å². The molecule has 7 heteroatoms. The fraction of sp³-hybridized carbons (Fsp3) is 0.0465. The summed E-state index contributed by atoms with van der Waals surface area (Å²) in [5.74, 6) is 0.488. The van der Waals surface area contributed by atoms with Crippen molar-refractivity contribution in [2.45, 2.75) is 6.85 Å².